The minimum Gasteiger partial charge on any atom is -0.334 e. The van der Waals surface area contributed by atoms with Gasteiger partial charge < -0.3 is 4.90 Å². The van der Waals surface area contributed by atoms with Crippen LogP contribution in [0.5, 0.6) is 0 Å². The Balaban J connectivity index is 1.33. The predicted molar refractivity (Wildman–Crippen MR) is 94.7 cm³/mol. The molecule has 5 nitrogen and oxygen atoms in total. The minimum atomic E-state index is -0.275. The number of carbonyl (C=O) groups is 3. The molecule has 0 aromatic heterocycles. The summed E-state index contributed by atoms with van der Waals surface area (Å²) in [4.78, 5) is 41.4. The summed E-state index contributed by atoms with van der Waals surface area (Å²) in [5.41, 5.74) is 1.84. The van der Waals surface area contributed by atoms with Crippen LogP contribution in [0.3, 0.4) is 0 Å². The Kier molecular flexibility index (Phi) is 3.55. The van der Waals surface area contributed by atoms with Crippen molar-refractivity contribution >= 4 is 17.7 Å². The molecule has 4 aliphatic rings. The summed E-state index contributed by atoms with van der Waals surface area (Å²) in [6.45, 7) is 2.18. The Morgan fingerprint density at radius 3 is 2.48 bits per heavy atom. The normalized spacial score (nSPS) is 33.6. The number of likely N-dealkylation sites (tertiary alicyclic amines) is 1. The lowest BCUT2D eigenvalue weighted by Gasteiger charge is -2.36. The van der Waals surface area contributed by atoms with E-state index in [0.717, 1.165) is 17.5 Å². The van der Waals surface area contributed by atoms with Gasteiger partial charge in [-0.2, -0.15) is 0 Å². The zero-order chi connectivity index (χ0) is 18.9. The third-order valence-corrected chi connectivity index (χ3v) is 6.82. The lowest BCUT2D eigenvalue weighted by molar-refractivity contribution is -0.148. The van der Waals surface area contributed by atoms with Crippen LogP contribution < -0.4 is 0 Å². The van der Waals surface area contributed by atoms with Gasteiger partial charge in [-0.3, -0.25) is 19.3 Å². The van der Waals surface area contributed by atoms with Gasteiger partial charge in [-0.1, -0.05) is 18.2 Å². The molecule has 2 heterocycles. The first-order chi connectivity index (χ1) is 13.0. The molecule has 0 radical (unpaired) electrons. The second kappa shape index (κ2) is 5.75. The van der Waals surface area contributed by atoms with Crippen molar-refractivity contribution in [2.75, 3.05) is 13.1 Å². The quantitative estimate of drug-likeness (QED) is 0.593. The fraction of sp³-hybridized carbons (Fsp3) is 0.476. The third-order valence-electron chi connectivity index (χ3n) is 6.82. The zero-order valence-corrected chi connectivity index (χ0v) is 15.1. The molecule has 1 saturated carbocycles. The molecule has 3 amide bonds. The van der Waals surface area contributed by atoms with Crippen molar-refractivity contribution in [2.24, 2.45) is 23.7 Å². The molecule has 140 valence electrons. The maximum absolute atomic E-state index is 13.4. The predicted octanol–water partition coefficient (Wildman–Crippen LogP) is 2.08. The van der Waals surface area contributed by atoms with E-state index in [-0.39, 0.29) is 59.8 Å². The van der Waals surface area contributed by atoms with Crippen LogP contribution in [0.4, 0.5) is 4.39 Å². The lowest BCUT2D eigenvalue weighted by atomic mass is 9.85. The summed E-state index contributed by atoms with van der Waals surface area (Å²) in [5, 5.41) is 0. The Morgan fingerprint density at radius 1 is 1.15 bits per heavy atom. The molecule has 5 atom stereocenters. The molecule has 1 saturated heterocycles. The van der Waals surface area contributed by atoms with E-state index in [2.05, 4.69) is 0 Å². The van der Waals surface area contributed by atoms with Crippen LogP contribution in [0.15, 0.2) is 30.4 Å². The van der Waals surface area contributed by atoms with E-state index in [0.29, 0.717) is 13.0 Å². The molecule has 2 bridgehead atoms. The van der Waals surface area contributed by atoms with Gasteiger partial charge in [0.2, 0.25) is 17.7 Å². The second-order valence-corrected chi connectivity index (χ2v) is 8.12. The van der Waals surface area contributed by atoms with Gasteiger partial charge in [-0.05, 0) is 54.9 Å². The molecule has 2 fully saturated rings. The number of carbonyl (C=O) groups excluding carboxylic acids is 3. The first-order valence-corrected chi connectivity index (χ1v) is 9.57. The highest BCUT2D eigenvalue weighted by Crippen LogP contribution is 2.52. The van der Waals surface area contributed by atoms with E-state index >= 15 is 0 Å². The van der Waals surface area contributed by atoms with Crippen molar-refractivity contribution in [3.63, 3.8) is 0 Å². The summed E-state index contributed by atoms with van der Waals surface area (Å²) in [7, 11) is 0. The van der Waals surface area contributed by atoms with Crippen LogP contribution in [0.2, 0.25) is 0 Å². The van der Waals surface area contributed by atoms with Gasteiger partial charge in [0.05, 0.1) is 17.9 Å². The van der Waals surface area contributed by atoms with Crippen molar-refractivity contribution in [3.8, 4) is 0 Å². The number of allylic oxidation sites excluding steroid dienone is 2. The fourth-order valence-corrected chi connectivity index (χ4v) is 5.49. The smallest absolute Gasteiger partial charge is 0.243 e. The topological polar surface area (TPSA) is 57.7 Å². The molecule has 1 aromatic carbocycles. The van der Waals surface area contributed by atoms with Gasteiger partial charge in [-0.25, -0.2) is 4.39 Å². The van der Waals surface area contributed by atoms with Crippen LogP contribution in [-0.2, 0) is 20.8 Å². The average Bonchev–Trinajstić information content (AvgIpc) is 3.32. The number of halogens is 1. The molecule has 6 heteroatoms. The highest BCUT2D eigenvalue weighted by molar-refractivity contribution is 6.08. The van der Waals surface area contributed by atoms with Gasteiger partial charge in [0.25, 0.3) is 0 Å². The second-order valence-electron chi connectivity index (χ2n) is 8.12. The maximum Gasteiger partial charge on any atom is 0.243 e. The van der Waals surface area contributed by atoms with E-state index in [1.165, 1.54) is 17.0 Å². The van der Waals surface area contributed by atoms with E-state index in [1.807, 2.05) is 19.1 Å². The van der Waals surface area contributed by atoms with Gasteiger partial charge in [-0.15, -0.1) is 0 Å². The molecule has 0 unspecified atom stereocenters. The largest absolute Gasteiger partial charge is 0.334 e. The molecule has 1 aromatic rings. The summed E-state index contributed by atoms with van der Waals surface area (Å²) >= 11 is 0. The Labute approximate surface area is 156 Å². The standard InChI is InChI=1S/C21H21FN2O3/c1-11-16-5-4-15(22)9-12(16)6-7-23(11)17(25)10-24-20(26)18-13-2-3-14(8-13)19(18)21(24)27/h2-5,9,11,13-14,18-19H,6-8,10H2,1H3/t11-,13+,14+,18-,19+/m1/s1. The summed E-state index contributed by atoms with van der Waals surface area (Å²) in [6.07, 6.45) is 5.55. The molecule has 2 aliphatic carbocycles. The Hall–Kier alpha value is -2.50. The Bertz CT molecular complexity index is 865. The van der Waals surface area contributed by atoms with Crippen molar-refractivity contribution in [1.29, 1.82) is 0 Å². The van der Waals surface area contributed by atoms with Gasteiger partial charge >= 0.3 is 0 Å². The number of hydrogen-bond donors (Lipinski definition) is 0. The molecule has 0 spiro atoms. The molecule has 27 heavy (non-hydrogen) atoms. The van der Waals surface area contributed by atoms with E-state index in [9.17, 15) is 18.8 Å². The molecular weight excluding hydrogens is 347 g/mol. The fourth-order valence-electron chi connectivity index (χ4n) is 5.49. The van der Waals surface area contributed by atoms with Crippen LogP contribution >= 0.6 is 0 Å². The van der Waals surface area contributed by atoms with Crippen molar-refractivity contribution < 1.29 is 18.8 Å². The zero-order valence-electron chi connectivity index (χ0n) is 15.1. The van der Waals surface area contributed by atoms with Gasteiger partial charge in [0.1, 0.15) is 12.4 Å². The van der Waals surface area contributed by atoms with Crippen molar-refractivity contribution in [2.45, 2.75) is 25.8 Å². The van der Waals surface area contributed by atoms with Crippen LogP contribution in [0, 0.1) is 29.5 Å². The number of amides is 3. The Morgan fingerprint density at radius 2 is 1.81 bits per heavy atom. The molecular formula is C21H21FN2O3. The summed E-state index contributed by atoms with van der Waals surface area (Å²) in [5.74, 6) is -1.14. The van der Waals surface area contributed by atoms with Crippen LogP contribution in [0.1, 0.15) is 30.5 Å². The van der Waals surface area contributed by atoms with Gasteiger partial charge in [0.15, 0.2) is 0 Å². The first-order valence-electron chi connectivity index (χ1n) is 9.57. The van der Waals surface area contributed by atoms with Crippen LogP contribution in [-0.4, -0.2) is 40.6 Å². The average molecular weight is 368 g/mol. The molecule has 0 N–H and O–H groups in total. The summed E-state index contributed by atoms with van der Waals surface area (Å²) < 4.78 is 13.4. The number of imide groups is 1. The maximum atomic E-state index is 13.4. The van der Waals surface area contributed by atoms with Crippen molar-refractivity contribution in [1.82, 2.24) is 9.80 Å². The van der Waals surface area contributed by atoms with E-state index in [1.54, 1.807) is 11.0 Å². The van der Waals surface area contributed by atoms with Crippen molar-refractivity contribution in [3.05, 3.63) is 47.3 Å². The van der Waals surface area contributed by atoms with Crippen LogP contribution in [0.25, 0.3) is 0 Å². The summed E-state index contributed by atoms with van der Waals surface area (Å²) in [6, 6.07) is 4.44. The first kappa shape index (κ1) is 16.7. The molecule has 2 aliphatic heterocycles. The highest BCUT2D eigenvalue weighted by Gasteiger charge is 2.59. The van der Waals surface area contributed by atoms with E-state index < -0.39 is 0 Å². The minimum absolute atomic E-state index is 0.146. The van der Waals surface area contributed by atoms with E-state index in [4.69, 9.17) is 0 Å². The number of hydrogen-bond acceptors (Lipinski definition) is 3. The lowest BCUT2D eigenvalue weighted by Crippen LogP contribution is -2.46. The molecule has 5 rings (SSSR count). The number of rotatable bonds is 2. The monoisotopic (exact) mass is 368 g/mol. The SMILES string of the molecule is C[C@@H]1c2ccc(F)cc2CCN1C(=O)CN1C(=O)[C@@H]2[C@H](C1=O)[C@H]1C=C[C@H]2C1. The van der Waals surface area contributed by atoms with Gasteiger partial charge in [0, 0.05) is 6.54 Å². The highest BCUT2D eigenvalue weighted by atomic mass is 19.1. The number of nitrogens with zero attached hydrogens (tertiary/aromatic N) is 2. The number of benzene rings is 1. The number of fused-ring (bicyclic) bond motifs is 6. The third kappa shape index (κ3) is 2.32.